The molecule has 0 unspecified atom stereocenters. The van der Waals surface area contributed by atoms with Crippen LogP contribution in [-0.4, -0.2) is 17.3 Å². The molecule has 5 heteroatoms. The van der Waals surface area contributed by atoms with E-state index >= 15 is 0 Å². The number of carbonyl (C=O) groups is 1. The first kappa shape index (κ1) is 13.7. The summed E-state index contributed by atoms with van der Waals surface area (Å²) < 4.78 is 5.43. The Morgan fingerprint density at radius 2 is 1.95 bits per heavy atom. The van der Waals surface area contributed by atoms with Gasteiger partial charge in [0.1, 0.15) is 5.75 Å². The number of carbonyl (C=O) groups excluding carboxylic acids is 1. The molecule has 2 rings (SSSR count). The number of Topliss-reactive ketones (excluding diaryl/α,β-unsaturated/α-hetero) is 1. The molecule has 2 aromatic carbocycles. The fraction of sp³-hybridized carbons (Fsp3) is 0.133. The molecule has 0 fully saturated rings. The maximum atomic E-state index is 12.0. The van der Waals surface area contributed by atoms with Gasteiger partial charge in [0.15, 0.2) is 12.4 Å². The Hall–Kier alpha value is -2.69. The number of ketones is 1. The minimum atomic E-state index is -0.529. The monoisotopic (exact) mass is 271 g/mol. The molecule has 0 amide bonds. The van der Waals surface area contributed by atoms with Crippen molar-refractivity contribution in [1.82, 2.24) is 0 Å². The largest absolute Gasteiger partial charge is 0.485 e. The Labute approximate surface area is 116 Å². The van der Waals surface area contributed by atoms with Crippen molar-refractivity contribution >= 4 is 11.5 Å². The highest BCUT2D eigenvalue weighted by Crippen LogP contribution is 2.17. The number of benzene rings is 2. The van der Waals surface area contributed by atoms with Crippen LogP contribution in [0.2, 0.25) is 0 Å². The second-order valence-electron chi connectivity index (χ2n) is 4.28. The van der Waals surface area contributed by atoms with Crippen LogP contribution >= 0.6 is 0 Å². The van der Waals surface area contributed by atoms with Crippen molar-refractivity contribution < 1.29 is 14.5 Å². The van der Waals surface area contributed by atoms with E-state index in [-0.39, 0.29) is 23.6 Å². The van der Waals surface area contributed by atoms with E-state index in [4.69, 9.17) is 4.74 Å². The van der Waals surface area contributed by atoms with E-state index in [9.17, 15) is 14.9 Å². The molecule has 0 aliphatic carbocycles. The third kappa shape index (κ3) is 3.20. The van der Waals surface area contributed by atoms with Crippen molar-refractivity contribution in [3.8, 4) is 5.75 Å². The molecule has 102 valence electrons. The van der Waals surface area contributed by atoms with Crippen LogP contribution in [0, 0.1) is 17.0 Å². The average Bonchev–Trinajstić information content (AvgIpc) is 2.46. The van der Waals surface area contributed by atoms with Crippen molar-refractivity contribution in [2.24, 2.45) is 0 Å². The van der Waals surface area contributed by atoms with E-state index in [0.29, 0.717) is 5.75 Å². The van der Waals surface area contributed by atoms with Crippen LogP contribution in [0.25, 0.3) is 0 Å². The van der Waals surface area contributed by atoms with E-state index < -0.39 is 4.92 Å². The Morgan fingerprint density at radius 1 is 1.20 bits per heavy atom. The zero-order chi connectivity index (χ0) is 14.5. The van der Waals surface area contributed by atoms with E-state index in [0.717, 1.165) is 5.56 Å². The number of non-ortho nitro benzene ring substituents is 1. The highest BCUT2D eigenvalue weighted by atomic mass is 16.6. The Morgan fingerprint density at radius 3 is 2.65 bits per heavy atom. The summed E-state index contributed by atoms with van der Waals surface area (Å²) in [5.74, 6) is 0.336. The molecule has 0 aliphatic heterocycles. The van der Waals surface area contributed by atoms with Gasteiger partial charge < -0.3 is 4.74 Å². The summed E-state index contributed by atoms with van der Waals surface area (Å²) in [5, 5.41) is 10.7. The molecule has 0 bridgehead atoms. The average molecular weight is 271 g/mol. The van der Waals surface area contributed by atoms with Gasteiger partial charge in [-0.15, -0.1) is 0 Å². The molecule has 0 N–H and O–H groups in total. The van der Waals surface area contributed by atoms with Gasteiger partial charge in [-0.05, 0) is 18.6 Å². The summed E-state index contributed by atoms with van der Waals surface area (Å²) in [7, 11) is 0. The van der Waals surface area contributed by atoms with Gasteiger partial charge >= 0.3 is 0 Å². The molecule has 0 saturated carbocycles. The summed E-state index contributed by atoms with van der Waals surface area (Å²) in [5.41, 5.74) is 1.10. The second-order valence-corrected chi connectivity index (χ2v) is 4.28. The summed E-state index contributed by atoms with van der Waals surface area (Å²) in [6.07, 6.45) is 0. The standard InChI is InChI=1S/C15H13NO4/c1-11-5-2-3-8-15(11)20-10-14(17)12-6-4-7-13(9-12)16(18)19/h2-9H,10H2,1H3. The summed E-state index contributed by atoms with van der Waals surface area (Å²) in [6.45, 7) is 1.74. The summed E-state index contributed by atoms with van der Waals surface area (Å²) >= 11 is 0. The van der Waals surface area contributed by atoms with E-state index in [1.807, 2.05) is 25.1 Å². The fourth-order valence-corrected chi connectivity index (χ4v) is 1.74. The topological polar surface area (TPSA) is 69.4 Å². The number of para-hydroxylation sites is 1. The number of nitro groups is 1. The molecule has 0 saturated heterocycles. The van der Waals surface area contributed by atoms with Gasteiger partial charge in [-0.3, -0.25) is 14.9 Å². The quantitative estimate of drug-likeness (QED) is 0.476. The number of rotatable bonds is 5. The third-order valence-corrected chi connectivity index (χ3v) is 2.83. The predicted molar refractivity (Wildman–Crippen MR) is 74.1 cm³/mol. The zero-order valence-electron chi connectivity index (χ0n) is 10.9. The number of aryl methyl sites for hydroxylation is 1. The van der Waals surface area contributed by atoms with Crippen LogP contribution < -0.4 is 4.74 Å². The van der Waals surface area contributed by atoms with Crippen LogP contribution in [0.3, 0.4) is 0 Å². The van der Waals surface area contributed by atoms with Crippen LogP contribution in [0.15, 0.2) is 48.5 Å². The van der Waals surface area contributed by atoms with Gasteiger partial charge in [0.25, 0.3) is 5.69 Å². The first-order valence-electron chi connectivity index (χ1n) is 6.04. The molecule has 0 atom stereocenters. The highest BCUT2D eigenvalue weighted by Gasteiger charge is 2.12. The normalized spacial score (nSPS) is 10.1. The number of hydrogen-bond donors (Lipinski definition) is 0. The summed E-state index contributed by atoms with van der Waals surface area (Å²) in [6, 6.07) is 13.0. The molecular formula is C15H13NO4. The lowest BCUT2D eigenvalue weighted by molar-refractivity contribution is -0.384. The first-order valence-corrected chi connectivity index (χ1v) is 6.04. The predicted octanol–water partition coefficient (Wildman–Crippen LogP) is 3.16. The molecule has 0 spiro atoms. The number of nitro benzene ring substituents is 1. The Balaban J connectivity index is 2.07. The number of nitrogens with zero attached hydrogens (tertiary/aromatic N) is 1. The lowest BCUT2D eigenvalue weighted by Crippen LogP contribution is -2.12. The molecule has 0 aromatic heterocycles. The van der Waals surface area contributed by atoms with Gasteiger partial charge in [-0.25, -0.2) is 0 Å². The zero-order valence-corrected chi connectivity index (χ0v) is 10.9. The van der Waals surface area contributed by atoms with Crippen LogP contribution in [-0.2, 0) is 0 Å². The molecule has 0 radical (unpaired) electrons. The first-order chi connectivity index (χ1) is 9.58. The van der Waals surface area contributed by atoms with E-state index in [1.165, 1.54) is 24.3 Å². The molecule has 20 heavy (non-hydrogen) atoms. The number of ether oxygens (including phenoxy) is 1. The van der Waals surface area contributed by atoms with Crippen molar-refractivity contribution in [2.45, 2.75) is 6.92 Å². The highest BCUT2D eigenvalue weighted by molar-refractivity contribution is 5.97. The van der Waals surface area contributed by atoms with Crippen LogP contribution in [0.4, 0.5) is 5.69 Å². The van der Waals surface area contributed by atoms with Crippen LogP contribution in [0.1, 0.15) is 15.9 Å². The lowest BCUT2D eigenvalue weighted by atomic mass is 10.1. The minimum Gasteiger partial charge on any atom is -0.485 e. The Kier molecular flexibility index (Phi) is 4.10. The second kappa shape index (κ2) is 5.97. The van der Waals surface area contributed by atoms with E-state index in [1.54, 1.807) is 6.07 Å². The maximum Gasteiger partial charge on any atom is 0.270 e. The maximum absolute atomic E-state index is 12.0. The third-order valence-electron chi connectivity index (χ3n) is 2.83. The van der Waals surface area contributed by atoms with E-state index in [2.05, 4.69) is 0 Å². The Bertz CT molecular complexity index is 652. The van der Waals surface area contributed by atoms with Crippen molar-refractivity contribution in [3.63, 3.8) is 0 Å². The number of hydrogen-bond acceptors (Lipinski definition) is 4. The van der Waals surface area contributed by atoms with Crippen LogP contribution in [0.5, 0.6) is 5.75 Å². The van der Waals surface area contributed by atoms with Gasteiger partial charge in [0.2, 0.25) is 0 Å². The smallest absolute Gasteiger partial charge is 0.270 e. The SMILES string of the molecule is Cc1ccccc1OCC(=O)c1cccc([N+](=O)[O-])c1. The fourth-order valence-electron chi connectivity index (χ4n) is 1.74. The van der Waals surface area contributed by atoms with Crippen molar-refractivity contribution in [3.05, 3.63) is 69.8 Å². The lowest BCUT2D eigenvalue weighted by Gasteiger charge is -2.07. The molecule has 0 aliphatic rings. The van der Waals surface area contributed by atoms with Gasteiger partial charge in [-0.1, -0.05) is 30.3 Å². The van der Waals surface area contributed by atoms with Gasteiger partial charge in [-0.2, -0.15) is 0 Å². The molecule has 2 aromatic rings. The van der Waals surface area contributed by atoms with Gasteiger partial charge in [0.05, 0.1) is 4.92 Å². The minimum absolute atomic E-state index is 0.105. The van der Waals surface area contributed by atoms with Gasteiger partial charge in [0, 0.05) is 17.7 Å². The summed E-state index contributed by atoms with van der Waals surface area (Å²) in [4.78, 5) is 22.1. The molecule has 5 nitrogen and oxygen atoms in total. The van der Waals surface area contributed by atoms with Crippen molar-refractivity contribution in [1.29, 1.82) is 0 Å². The van der Waals surface area contributed by atoms with Crippen molar-refractivity contribution in [2.75, 3.05) is 6.61 Å². The molecule has 0 heterocycles. The molecular weight excluding hydrogens is 258 g/mol.